The first kappa shape index (κ1) is 39.8. The third-order valence-corrected chi connectivity index (χ3v) is 14.4. The third kappa shape index (κ3) is 6.71. The SMILES string of the molecule is CCCCC(C)(C)c1ccc(-c2nc(-c3ccc(C(C)(C)C)cc3)nc(-c3ccc(-c4cc5c(cc4C4(CC)C[C@@]4(C)CC)-c4ccccc4C5(C)C)nc3)n2)cc1. The predicted octanol–water partition coefficient (Wildman–Crippen LogP) is 14.5. The highest BCUT2D eigenvalue weighted by molar-refractivity contribution is 5.86. The highest BCUT2D eigenvalue weighted by atomic mass is 15.0. The number of rotatable bonds is 11. The van der Waals surface area contributed by atoms with Gasteiger partial charge in [-0.15, -0.1) is 0 Å². The number of fused-ring (bicyclic) bond motifs is 3. The van der Waals surface area contributed by atoms with Crippen LogP contribution in [0.25, 0.3) is 56.5 Å². The van der Waals surface area contributed by atoms with E-state index >= 15 is 0 Å². The van der Waals surface area contributed by atoms with Crippen molar-refractivity contribution in [3.63, 3.8) is 0 Å². The zero-order valence-electron chi connectivity index (χ0n) is 36.8. The minimum atomic E-state index is -0.0949. The van der Waals surface area contributed by atoms with Crippen LogP contribution in [0.3, 0.4) is 0 Å². The van der Waals surface area contributed by atoms with Crippen LogP contribution in [0, 0.1) is 5.41 Å². The zero-order chi connectivity index (χ0) is 41.3. The molecule has 0 spiro atoms. The molecule has 0 saturated heterocycles. The number of hydrogen-bond acceptors (Lipinski definition) is 4. The third-order valence-electron chi connectivity index (χ3n) is 14.4. The monoisotopic (exact) mass is 766 g/mol. The molecule has 2 aliphatic rings. The van der Waals surface area contributed by atoms with Gasteiger partial charge in [-0.1, -0.05) is 162 Å². The van der Waals surface area contributed by atoms with E-state index in [2.05, 4.69) is 173 Å². The molecule has 4 aromatic carbocycles. The summed E-state index contributed by atoms with van der Waals surface area (Å²) in [5.74, 6) is 1.96. The summed E-state index contributed by atoms with van der Waals surface area (Å²) < 4.78 is 0. The molecule has 0 radical (unpaired) electrons. The molecule has 4 nitrogen and oxygen atoms in total. The predicted molar refractivity (Wildman–Crippen MR) is 243 cm³/mol. The van der Waals surface area contributed by atoms with Crippen LogP contribution in [0.2, 0.25) is 0 Å². The Hall–Kier alpha value is -4.96. The fraction of sp³-hybridized carbons (Fsp3) is 0.407. The highest BCUT2D eigenvalue weighted by Gasteiger charge is 2.63. The van der Waals surface area contributed by atoms with Crippen molar-refractivity contribution in [3.8, 4) is 56.5 Å². The second-order valence-corrected chi connectivity index (χ2v) is 19.8. The molecule has 4 heteroatoms. The van der Waals surface area contributed by atoms with Crippen LogP contribution in [0.1, 0.15) is 143 Å². The molecule has 6 aromatic rings. The van der Waals surface area contributed by atoms with Gasteiger partial charge in [0.05, 0.1) is 5.69 Å². The molecule has 2 aliphatic carbocycles. The van der Waals surface area contributed by atoms with E-state index in [0.29, 0.717) is 17.5 Å². The van der Waals surface area contributed by atoms with E-state index in [-0.39, 0.29) is 27.1 Å². The molecule has 1 fully saturated rings. The molecule has 8 rings (SSSR count). The molecular formula is C54H62N4. The van der Waals surface area contributed by atoms with Crippen LogP contribution in [-0.2, 0) is 21.7 Å². The largest absolute Gasteiger partial charge is 0.255 e. The van der Waals surface area contributed by atoms with Gasteiger partial charge < -0.3 is 0 Å². The molecule has 0 bridgehead atoms. The van der Waals surface area contributed by atoms with Gasteiger partial charge in [-0.2, -0.15) is 0 Å². The summed E-state index contributed by atoms with van der Waals surface area (Å²) >= 11 is 0. The fourth-order valence-electron chi connectivity index (χ4n) is 10.0. The molecule has 2 aromatic heterocycles. The maximum absolute atomic E-state index is 5.26. The van der Waals surface area contributed by atoms with Gasteiger partial charge in [0.2, 0.25) is 0 Å². The lowest BCUT2D eigenvalue weighted by Gasteiger charge is -2.27. The molecule has 298 valence electrons. The lowest BCUT2D eigenvalue weighted by atomic mass is 9.76. The average molecular weight is 767 g/mol. The lowest BCUT2D eigenvalue weighted by Crippen LogP contribution is -2.19. The van der Waals surface area contributed by atoms with Crippen LogP contribution in [0.4, 0.5) is 0 Å². The van der Waals surface area contributed by atoms with Crippen LogP contribution in [0.15, 0.2) is 103 Å². The summed E-state index contributed by atoms with van der Waals surface area (Å²) in [6, 6.07) is 35.9. The smallest absolute Gasteiger partial charge is 0.165 e. The molecule has 1 saturated carbocycles. The number of nitrogens with zero attached hydrogens (tertiary/aromatic N) is 4. The van der Waals surface area contributed by atoms with Gasteiger partial charge >= 0.3 is 0 Å². The number of aromatic nitrogens is 4. The second kappa shape index (κ2) is 14.4. The van der Waals surface area contributed by atoms with Gasteiger partial charge in [0.25, 0.3) is 0 Å². The van der Waals surface area contributed by atoms with E-state index < -0.39 is 0 Å². The Balaban J connectivity index is 1.23. The van der Waals surface area contributed by atoms with Crippen molar-refractivity contribution in [2.45, 2.75) is 136 Å². The van der Waals surface area contributed by atoms with E-state index in [0.717, 1.165) is 41.6 Å². The van der Waals surface area contributed by atoms with Gasteiger partial charge in [-0.3, -0.25) is 4.98 Å². The second-order valence-electron chi connectivity index (χ2n) is 19.8. The van der Waals surface area contributed by atoms with E-state index in [4.69, 9.17) is 19.9 Å². The van der Waals surface area contributed by atoms with E-state index in [1.165, 1.54) is 63.8 Å². The van der Waals surface area contributed by atoms with Crippen molar-refractivity contribution in [1.82, 2.24) is 19.9 Å². The van der Waals surface area contributed by atoms with E-state index in [9.17, 15) is 0 Å². The molecular weight excluding hydrogens is 705 g/mol. The number of pyridine rings is 1. The highest BCUT2D eigenvalue weighted by Crippen LogP contribution is 2.70. The molecule has 0 aliphatic heterocycles. The standard InChI is InChI=1S/C54H62N4/c1-12-15-30-51(7,8)39-27-22-36(23-28-39)48-56-47(35-20-25-38(26-21-35)50(4,5)6)57-49(58-48)37-24-29-46(55-33-37)42-32-44-41(40-18-16-17-19-43(40)52(44,9)10)31-45(42)54(14-3)34-53(54,11)13-2/h16-29,31-33H,12-15,30,34H2,1-11H3/t53-,54?/m1/s1. The van der Waals surface area contributed by atoms with Crippen molar-refractivity contribution in [2.75, 3.05) is 0 Å². The first-order chi connectivity index (χ1) is 27.5. The molecule has 0 amide bonds. The summed E-state index contributed by atoms with van der Waals surface area (Å²) in [4.78, 5) is 20.6. The molecule has 2 atom stereocenters. The summed E-state index contributed by atoms with van der Waals surface area (Å²) in [6.07, 6.45) is 9.02. The Morgan fingerprint density at radius 2 is 1.14 bits per heavy atom. The van der Waals surface area contributed by atoms with E-state index in [1.54, 1.807) is 0 Å². The Bertz CT molecular complexity index is 2470. The molecule has 2 heterocycles. The van der Waals surface area contributed by atoms with Crippen LogP contribution < -0.4 is 0 Å². The lowest BCUT2D eigenvalue weighted by molar-refractivity contribution is 0.430. The first-order valence-corrected chi connectivity index (χ1v) is 21.8. The van der Waals surface area contributed by atoms with Gasteiger partial charge in [0.15, 0.2) is 17.5 Å². The summed E-state index contributed by atoms with van der Waals surface area (Å²) in [5, 5.41) is 0. The minimum Gasteiger partial charge on any atom is -0.255 e. The first-order valence-electron chi connectivity index (χ1n) is 21.8. The van der Waals surface area contributed by atoms with Gasteiger partial charge in [-0.05, 0) is 105 Å². The van der Waals surface area contributed by atoms with Crippen molar-refractivity contribution < 1.29 is 0 Å². The quantitative estimate of drug-likeness (QED) is 0.132. The normalized spacial score (nSPS) is 19.5. The number of unbranched alkanes of at least 4 members (excludes halogenated alkanes) is 1. The number of benzene rings is 4. The van der Waals surface area contributed by atoms with E-state index in [1.807, 2.05) is 6.20 Å². The maximum atomic E-state index is 5.26. The molecule has 58 heavy (non-hydrogen) atoms. The van der Waals surface area contributed by atoms with Crippen molar-refractivity contribution in [2.24, 2.45) is 5.41 Å². The minimum absolute atomic E-state index is 0.0535. The molecule has 1 unspecified atom stereocenters. The summed E-state index contributed by atoms with van der Waals surface area (Å²) in [6.45, 7) is 25.6. The fourth-order valence-corrected chi connectivity index (χ4v) is 10.0. The van der Waals surface area contributed by atoms with Crippen LogP contribution >= 0.6 is 0 Å². The van der Waals surface area contributed by atoms with Crippen molar-refractivity contribution in [1.29, 1.82) is 0 Å². The number of hydrogen-bond donors (Lipinski definition) is 0. The van der Waals surface area contributed by atoms with Gasteiger partial charge in [0.1, 0.15) is 0 Å². The van der Waals surface area contributed by atoms with Crippen molar-refractivity contribution >= 4 is 0 Å². The maximum Gasteiger partial charge on any atom is 0.165 e. The Morgan fingerprint density at radius 3 is 1.67 bits per heavy atom. The Labute approximate surface area is 348 Å². The molecule has 0 N–H and O–H groups in total. The summed E-state index contributed by atoms with van der Waals surface area (Å²) in [5.41, 5.74) is 15.1. The Kier molecular flexibility index (Phi) is 9.89. The van der Waals surface area contributed by atoms with Gasteiger partial charge in [-0.25, -0.2) is 15.0 Å². The Morgan fingerprint density at radius 1 is 0.569 bits per heavy atom. The topological polar surface area (TPSA) is 51.6 Å². The van der Waals surface area contributed by atoms with Crippen LogP contribution in [-0.4, -0.2) is 19.9 Å². The van der Waals surface area contributed by atoms with Gasteiger partial charge in [0, 0.05) is 39.3 Å². The summed E-state index contributed by atoms with van der Waals surface area (Å²) in [7, 11) is 0. The van der Waals surface area contributed by atoms with Crippen LogP contribution in [0.5, 0.6) is 0 Å². The average Bonchev–Trinajstić information content (AvgIpc) is 3.80. The van der Waals surface area contributed by atoms with Crippen molar-refractivity contribution in [3.05, 3.63) is 131 Å². The zero-order valence-corrected chi connectivity index (χ0v) is 36.8.